The normalized spacial score (nSPS) is 21.5. The number of imide groups is 1. The van der Waals surface area contributed by atoms with Crippen molar-refractivity contribution in [1.29, 1.82) is 5.26 Å². The molecule has 110 valence electrons. The zero-order valence-electron chi connectivity index (χ0n) is 12.3. The number of urea groups is 1. The summed E-state index contributed by atoms with van der Waals surface area (Å²) in [6.07, 6.45) is 0.677. The van der Waals surface area contributed by atoms with Crippen LogP contribution in [0.4, 0.5) is 4.79 Å². The Morgan fingerprint density at radius 2 is 1.95 bits per heavy atom. The monoisotopic (exact) mass is 285 g/mol. The first-order chi connectivity index (χ1) is 10.0. The Morgan fingerprint density at radius 1 is 1.29 bits per heavy atom. The third-order valence-electron chi connectivity index (χ3n) is 3.60. The molecular formula is C16H19N3O2. The molecule has 0 radical (unpaired) electrons. The highest BCUT2D eigenvalue weighted by molar-refractivity contribution is 6.07. The summed E-state index contributed by atoms with van der Waals surface area (Å²) in [7, 11) is 0. The first-order valence-corrected chi connectivity index (χ1v) is 7.08. The van der Waals surface area contributed by atoms with Gasteiger partial charge in [0.05, 0.1) is 12.5 Å². The number of hydrogen-bond acceptors (Lipinski definition) is 3. The fraction of sp³-hybridized carbons (Fsp3) is 0.438. The van der Waals surface area contributed by atoms with E-state index >= 15 is 0 Å². The van der Waals surface area contributed by atoms with E-state index in [1.807, 2.05) is 50.2 Å². The lowest BCUT2D eigenvalue weighted by molar-refractivity contribution is -0.132. The van der Waals surface area contributed by atoms with Gasteiger partial charge in [-0.25, -0.2) is 4.79 Å². The highest BCUT2D eigenvalue weighted by Gasteiger charge is 2.52. The largest absolute Gasteiger partial charge is 0.325 e. The summed E-state index contributed by atoms with van der Waals surface area (Å²) in [5.41, 5.74) is -0.224. The van der Waals surface area contributed by atoms with Crippen molar-refractivity contribution >= 4 is 11.9 Å². The molecule has 0 spiro atoms. The molecule has 1 fully saturated rings. The molecule has 5 nitrogen and oxygen atoms in total. The summed E-state index contributed by atoms with van der Waals surface area (Å²) in [6, 6.07) is 10.9. The third-order valence-corrected chi connectivity index (χ3v) is 3.60. The molecule has 0 aliphatic carbocycles. The van der Waals surface area contributed by atoms with Gasteiger partial charge in [-0.3, -0.25) is 9.69 Å². The van der Waals surface area contributed by atoms with E-state index in [0.29, 0.717) is 6.42 Å². The van der Waals surface area contributed by atoms with E-state index in [0.717, 1.165) is 10.5 Å². The average molecular weight is 285 g/mol. The molecular weight excluding hydrogens is 266 g/mol. The van der Waals surface area contributed by atoms with Crippen molar-refractivity contribution in [3.63, 3.8) is 0 Å². The molecule has 1 aliphatic rings. The first kappa shape index (κ1) is 15.0. The molecule has 1 saturated heterocycles. The van der Waals surface area contributed by atoms with Crippen molar-refractivity contribution < 1.29 is 9.59 Å². The van der Waals surface area contributed by atoms with Crippen LogP contribution in [0.2, 0.25) is 0 Å². The maximum Gasteiger partial charge on any atom is 0.325 e. The van der Waals surface area contributed by atoms with E-state index in [2.05, 4.69) is 5.32 Å². The number of amides is 3. The van der Waals surface area contributed by atoms with Crippen molar-refractivity contribution in [3.05, 3.63) is 35.9 Å². The van der Waals surface area contributed by atoms with Gasteiger partial charge < -0.3 is 5.32 Å². The van der Waals surface area contributed by atoms with Gasteiger partial charge in [-0.2, -0.15) is 5.26 Å². The Labute approximate surface area is 124 Å². The van der Waals surface area contributed by atoms with Crippen LogP contribution in [-0.2, 0) is 10.3 Å². The van der Waals surface area contributed by atoms with Crippen LogP contribution >= 0.6 is 0 Å². The van der Waals surface area contributed by atoms with Crippen LogP contribution < -0.4 is 5.32 Å². The summed E-state index contributed by atoms with van der Waals surface area (Å²) in [5.74, 6) is -0.0203. The Bertz CT molecular complexity index is 577. The molecule has 0 unspecified atom stereocenters. The predicted molar refractivity (Wildman–Crippen MR) is 78.0 cm³/mol. The maximum absolute atomic E-state index is 12.8. The lowest BCUT2D eigenvalue weighted by atomic mass is 9.82. The minimum Gasteiger partial charge on any atom is -0.319 e. The van der Waals surface area contributed by atoms with E-state index in [4.69, 9.17) is 5.26 Å². The summed E-state index contributed by atoms with van der Waals surface area (Å²) >= 11 is 0. The van der Waals surface area contributed by atoms with Gasteiger partial charge in [-0.1, -0.05) is 44.2 Å². The Balaban J connectivity index is 2.41. The maximum atomic E-state index is 12.8. The number of carbonyl (C=O) groups excluding carboxylic acids is 2. The number of hydrogen-bond donors (Lipinski definition) is 1. The lowest BCUT2D eigenvalue weighted by Crippen LogP contribution is -2.45. The van der Waals surface area contributed by atoms with E-state index in [1.54, 1.807) is 0 Å². The van der Waals surface area contributed by atoms with Crippen LogP contribution in [0.1, 0.15) is 32.3 Å². The van der Waals surface area contributed by atoms with Gasteiger partial charge in [-0.05, 0) is 17.9 Å². The van der Waals surface area contributed by atoms with Crippen LogP contribution in [0.5, 0.6) is 0 Å². The van der Waals surface area contributed by atoms with Gasteiger partial charge in [-0.15, -0.1) is 0 Å². The molecule has 1 heterocycles. The van der Waals surface area contributed by atoms with Crippen LogP contribution in [0, 0.1) is 17.2 Å². The quantitative estimate of drug-likeness (QED) is 0.844. The molecule has 3 amide bonds. The van der Waals surface area contributed by atoms with Crippen molar-refractivity contribution in [1.82, 2.24) is 10.2 Å². The van der Waals surface area contributed by atoms with Crippen LogP contribution in [0.25, 0.3) is 0 Å². The molecule has 21 heavy (non-hydrogen) atoms. The topological polar surface area (TPSA) is 73.2 Å². The summed E-state index contributed by atoms with van der Waals surface area (Å²) in [4.78, 5) is 26.1. The Kier molecular flexibility index (Phi) is 4.27. The molecule has 0 bridgehead atoms. The smallest absolute Gasteiger partial charge is 0.319 e. The minimum atomic E-state index is -1.01. The molecule has 5 heteroatoms. The highest BCUT2D eigenvalue weighted by atomic mass is 16.2. The van der Waals surface area contributed by atoms with Crippen molar-refractivity contribution in [2.75, 3.05) is 6.54 Å². The van der Waals surface area contributed by atoms with E-state index in [-0.39, 0.29) is 24.8 Å². The highest BCUT2D eigenvalue weighted by Crippen LogP contribution is 2.35. The number of benzene rings is 1. The number of nitrogens with one attached hydrogen (secondary N) is 1. The van der Waals surface area contributed by atoms with Crippen LogP contribution in [0.15, 0.2) is 30.3 Å². The van der Waals surface area contributed by atoms with Gasteiger partial charge in [0.2, 0.25) is 0 Å². The van der Waals surface area contributed by atoms with Gasteiger partial charge >= 0.3 is 6.03 Å². The third kappa shape index (κ3) is 2.75. The van der Waals surface area contributed by atoms with E-state index < -0.39 is 11.6 Å². The number of carbonyl (C=O) groups is 2. The Hall–Kier alpha value is -2.35. The second-order valence-corrected chi connectivity index (χ2v) is 5.66. The molecule has 1 aromatic rings. The van der Waals surface area contributed by atoms with Crippen molar-refractivity contribution in [2.24, 2.45) is 5.92 Å². The second-order valence-electron chi connectivity index (χ2n) is 5.66. The number of nitrogens with zero attached hydrogens (tertiary/aromatic N) is 2. The minimum absolute atomic E-state index is 0.133. The van der Waals surface area contributed by atoms with Crippen LogP contribution in [0.3, 0.4) is 0 Å². The summed E-state index contributed by atoms with van der Waals surface area (Å²) in [5, 5.41) is 11.5. The summed E-state index contributed by atoms with van der Waals surface area (Å²) in [6.45, 7) is 4.16. The molecule has 1 N–H and O–H groups in total. The molecule has 1 aromatic carbocycles. The van der Waals surface area contributed by atoms with Crippen LogP contribution in [-0.4, -0.2) is 23.4 Å². The molecule has 1 atom stereocenters. The second kappa shape index (κ2) is 5.96. The van der Waals surface area contributed by atoms with Gasteiger partial charge in [0.15, 0.2) is 0 Å². The van der Waals surface area contributed by atoms with E-state index in [1.165, 1.54) is 0 Å². The molecule has 1 aliphatic heterocycles. The molecule has 0 aromatic heterocycles. The first-order valence-electron chi connectivity index (χ1n) is 7.08. The zero-order chi connectivity index (χ0) is 15.5. The SMILES string of the molecule is CC(C)C[C@]1(c2ccccc2)NC(=O)N(CCC#N)C1=O. The van der Waals surface area contributed by atoms with Gasteiger partial charge in [0.25, 0.3) is 5.91 Å². The van der Waals surface area contributed by atoms with E-state index in [9.17, 15) is 9.59 Å². The Morgan fingerprint density at radius 3 is 2.52 bits per heavy atom. The lowest BCUT2D eigenvalue weighted by Gasteiger charge is -2.29. The average Bonchev–Trinajstić information content (AvgIpc) is 2.69. The number of rotatable bonds is 5. The zero-order valence-corrected chi connectivity index (χ0v) is 12.3. The predicted octanol–water partition coefficient (Wildman–Crippen LogP) is 2.39. The number of nitriles is 1. The van der Waals surface area contributed by atoms with Gasteiger partial charge in [0, 0.05) is 6.54 Å². The molecule has 2 rings (SSSR count). The fourth-order valence-corrected chi connectivity index (χ4v) is 2.78. The molecule has 0 saturated carbocycles. The van der Waals surface area contributed by atoms with Crippen molar-refractivity contribution in [2.45, 2.75) is 32.2 Å². The summed E-state index contributed by atoms with van der Waals surface area (Å²) < 4.78 is 0. The fourth-order valence-electron chi connectivity index (χ4n) is 2.78. The van der Waals surface area contributed by atoms with Crippen molar-refractivity contribution in [3.8, 4) is 6.07 Å². The standard InChI is InChI=1S/C16H19N3O2/c1-12(2)11-16(13-7-4-3-5-8-13)14(20)19(10-6-9-17)15(21)18-16/h3-5,7-8,12H,6,10-11H2,1-2H3,(H,18,21)/t16-/m1/s1. The van der Waals surface area contributed by atoms with Gasteiger partial charge in [0.1, 0.15) is 5.54 Å².